The highest BCUT2D eigenvalue weighted by Crippen LogP contribution is 2.35. The number of hydrogen-bond donors (Lipinski definition) is 3. The first kappa shape index (κ1) is 12.4. The Morgan fingerprint density at radius 3 is 2.78 bits per heavy atom. The number of nitrogens with zero attached hydrogens (tertiary/aromatic N) is 1. The van der Waals surface area contributed by atoms with Gasteiger partial charge in [0, 0.05) is 0 Å². The van der Waals surface area contributed by atoms with Gasteiger partial charge in [0.05, 0.1) is 11.5 Å². The van der Waals surface area contributed by atoms with Crippen molar-refractivity contribution in [2.45, 2.75) is 31.7 Å². The Kier molecular flexibility index (Phi) is 2.98. The Balaban J connectivity index is 2.08. The molecule has 0 aliphatic heterocycles. The van der Waals surface area contributed by atoms with Crippen LogP contribution in [0.2, 0.25) is 0 Å². The number of amides is 1. The van der Waals surface area contributed by atoms with Crippen LogP contribution in [-0.4, -0.2) is 22.5 Å². The van der Waals surface area contributed by atoms with E-state index in [9.17, 15) is 4.79 Å². The lowest BCUT2D eigenvalue weighted by molar-refractivity contribution is -0.124. The van der Waals surface area contributed by atoms with E-state index in [1.54, 1.807) is 13.8 Å². The normalized spacial score (nSPS) is 18.8. The summed E-state index contributed by atoms with van der Waals surface area (Å²) in [6.45, 7) is 3.40. The van der Waals surface area contributed by atoms with Crippen LogP contribution >= 0.6 is 0 Å². The van der Waals surface area contributed by atoms with Crippen LogP contribution in [0.5, 0.6) is 0 Å². The number of hydrogen-bond acceptors (Lipinski definition) is 3. The van der Waals surface area contributed by atoms with Gasteiger partial charge in [-0.3, -0.25) is 4.79 Å². The predicted molar refractivity (Wildman–Crippen MR) is 68.5 cm³/mol. The predicted octanol–water partition coefficient (Wildman–Crippen LogP) is 0.967. The first-order valence-electron chi connectivity index (χ1n) is 5.83. The van der Waals surface area contributed by atoms with Crippen molar-refractivity contribution in [3.63, 3.8) is 0 Å². The molecule has 1 atom stereocenters. The van der Waals surface area contributed by atoms with Crippen LogP contribution in [0.25, 0.3) is 0 Å². The number of amidine groups is 1. The van der Waals surface area contributed by atoms with Gasteiger partial charge in [0.25, 0.3) is 0 Å². The maximum absolute atomic E-state index is 12.1. The number of nitrogens with one attached hydrogen (secondary N) is 1. The lowest BCUT2D eigenvalue weighted by Gasteiger charge is -2.33. The number of carbonyl (C=O) groups excluding carboxylic acids is 1. The molecule has 1 aromatic carbocycles. The molecule has 0 bridgehead atoms. The van der Waals surface area contributed by atoms with E-state index >= 15 is 0 Å². The Morgan fingerprint density at radius 1 is 1.50 bits per heavy atom. The Bertz CT molecular complexity index is 509. The largest absolute Gasteiger partial charge is 0.409 e. The number of benzene rings is 1. The summed E-state index contributed by atoms with van der Waals surface area (Å²) in [7, 11) is 0. The highest BCUT2D eigenvalue weighted by molar-refractivity contribution is 5.95. The van der Waals surface area contributed by atoms with Crippen LogP contribution in [0, 0.1) is 0 Å². The molecule has 5 nitrogen and oxygen atoms in total. The minimum atomic E-state index is -0.851. The summed E-state index contributed by atoms with van der Waals surface area (Å²) >= 11 is 0. The lowest BCUT2D eigenvalue weighted by atomic mass is 9.77. The first-order valence-corrected chi connectivity index (χ1v) is 5.83. The maximum atomic E-state index is 12.1. The highest BCUT2D eigenvalue weighted by Gasteiger charge is 2.35. The molecule has 0 radical (unpaired) electrons. The van der Waals surface area contributed by atoms with Crippen molar-refractivity contribution in [3.8, 4) is 0 Å². The summed E-state index contributed by atoms with van der Waals surface area (Å²) in [6.07, 6.45) is 0.744. The fourth-order valence-electron chi connectivity index (χ4n) is 2.08. The molecule has 0 fully saturated rings. The molecule has 1 unspecified atom stereocenters. The fourth-order valence-corrected chi connectivity index (χ4v) is 2.08. The van der Waals surface area contributed by atoms with E-state index in [0.29, 0.717) is 0 Å². The monoisotopic (exact) mass is 247 g/mol. The molecule has 5 heteroatoms. The van der Waals surface area contributed by atoms with Gasteiger partial charge < -0.3 is 16.3 Å². The van der Waals surface area contributed by atoms with Crippen molar-refractivity contribution in [3.05, 3.63) is 35.4 Å². The molecule has 0 saturated heterocycles. The molecular weight excluding hydrogens is 230 g/mol. The van der Waals surface area contributed by atoms with Crippen molar-refractivity contribution in [1.82, 2.24) is 5.32 Å². The van der Waals surface area contributed by atoms with Crippen molar-refractivity contribution in [2.75, 3.05) is 0 Å². The van der Waals surface area contributed by atoms with E-state index < -0.39 is 5.54 Å². The second-order valence-corrected chi connectivity index (χ2v) is 5.06. The fraction of sp³-hybridized carbons (Fsp3) is 0.385. The molecule has 96 valence electrons. The second kappa shape index (κ2) is 4.33. The van der Waals surface area contributed by atoms with Gasteiger partial charge in [0.1, 0.15) is 0 Å². The van der Waals surface area contributed by atoms with Crippen LogP contribution in [0.15, 0.2) is 29.4 Å². The van der Waals surface area contributed by atoms with Crippen molar-refractivity contribution >= 4 is 11.7 Å². The van der Waals surface area contributed by atoms with Crippen LogP contribution in [0.4, 0.5) is 0 Å². The minimum absolute atomic E-state index is 0.0107. The summed E-state index contributed by atoms with van der Waals surface area (Å²) in [6, 6.07) is 7.87. The Morgan fingerprint density at radius 2 is 2.17 bits per heavy atom. The van der Waals surface area contributed by atoms with Crippen LogP contribution < -0.4 is 11.1 Å². The Hall–Kier alpha value is -2.04. The third-order valence-corrected chi connectivity index (χ3v) is 3.35. The molecular formula is C13H17N3O2. The lowest BCUT2D eigenvalue weighted by Crippen LogP contribution is -2.55. The molecule has 0 saturated carbocycles. The number of fused-ring (bicyclic) bond motifs is 1. The summed E-state index contributed by atoms with van der Waals surface area (Å²) < 4.78 is 0. The molecule has 0 aromatic heterocycles. The zero-order valence-corrected chi connectivity index (χ0v) is 10.5. The maximum Gasteiger partial charge on any atom is 0.228 e. The van der Waals surface area contributed by atoms with Gasteiger partial charge in [-0.1, -0.05) is 29.4 Å². The number of nitrogens with two attached hydrogens (primary N) is 1. The second-order valence-electron chi connectivity index (χ2n) is 5.06. The molecule has 1 amide bonds. The topological polar surface area (TPSA) is 87.7 Å². The van der Waals surface area contributed by atoms with Crippen LogP contribution in [0.1, 0.15) is 30.9 Å². The standard InChI is InChI=1S/C13H17N3O2/c1-13(2,12(14)16-18)15-11(17)10-7-8-5-3-4-6-9(8)10/h3-6,10,18H,7H2,1-2H3,(H2,14,16)(H,15,17). The van der Waals surface area contributed by atoms with Gasteiger partial charge in [-0.05, 0) is 31.4 Å². The molecule has 18 heavy (non-hydrogen) atoms. The van der Waals surface area contributed by atoms with Gasteiger partial charge in [-0.15, -0.1) is 0 Å². The van der Waals surface area contributed by atoms with E-state index in [1.165, 1.54) is 5.56 Å². The SMILES string of the molecule is CC(C)(NC(=O)C1Cc2ccccc21)C(N)=NO. The van der Waals surface area contributed by atoms with Crippen molar-refractivity contribution in [1.29, 1.82) is 0 Å². The van der Waals surface area contributed by atoms with Gasteiger partial charge in [-0.2, -0.15) is 0 Å². The molecule has 0 spiro atoms. The zero-order valence-electron chi connectivity index (χ0n) is 10.5. The van der Waals surface area contributed by atoms with Crippen molar-refractivity contribution in [2.24, 2.45) is 10.9 Å². The van der Waals surface area contributed by atoms with Gasteiger partial charge in [0.2, 0.25) is 5.91 Å². The van der Waals surface area contributed by atoms with E-state index in [4.69, 9.17) is 10.9 Å². The minimum Gasteiger partial charge on any atom is -0.409 e. The van der Waals surface area contributed by atoms with Crippen LogP contribution in [-0.2, 0) is 11.2 Å². The average Bonchev–Trinajstić information content (AvgIpc) is 2.29. The molecule has 1 aromatic rings. The average molecular weight is 247 g/mol. The summed E-state index contributed by atoms with van der Waals surface area (Å²) in [5.74, 6) is -0.235. The molecule has 2 rings (SSSR count). The van der Waals surface area contributed by atoms with Crippen molar-refractivity contribution < 1.29 is 10.0 Å². The number of carbonyl (C=O) groups is 1. The zero-order chi connectivity index (χ0) is 13.3. The first-order chi connectivity index (χ1) is 8.45. The smallest absolute Gasteiger partial charge is 0.228 e. The van der Waals surface area contributed by atoms with E-state index in [-0.39, 0.29) is 17.7 Å². The van der Waals surface area contributed by atoms with Gasteiger partial charge >= 0.3 is 0 Å². The number of oxime groups is 1. The molecule has 0 heterocycles. The summed E-state index contributed by atoms with van der Waals surface area (Å²) in [5.41, 5.74) is 6.96. The summed E-state index contributed by atoms with van der Waals surface area (Å²) in [5, 5.41) is 14.4. The quantitative estimate of drug-likeness (QED) is 0.322. The van der Waals surface area contributed by atoms with Gasteiger partial charge in [-0.25, -0.2) is 0 Å². The van der Waals surface area contributed by atoms with E-state index in [0.717, 1.165) is 12.0 Å². The van der Waals surface area contributed by atoms with Crippen LogP contribution in [0.3, 0.4) is 0 Å². The highest BCUT2D eigenvalue weighted by atomic mass is 16.4. The third kappa shape index (κ3) is 2.03. The van der Waals surface area contributed by atoms with E-state index in [1.807, 2.05) is 24.3 Å². The third-order valence-electron chi connectivity index (χ3n) is 3.35. The molecule has 1 aliphatic rings. The molecule has 1 aliphatic carbocycles. The summed E-state index contributed by atoms with van der Waals surface area (Å²) in [4.78, 5) is 12.1. The molecule has 4 N–H and O–H groups in total. The van der Waals surface area contributed by atoms with Gasteiger partial charge in [0.15, 0.2) is 5.84 Å². The Labute approximate surface area is 106 Å². The number of rotatable bonds is 3. The van der Waals surface area contributed by atoms with E-state index in [2.05, 4.69) is 10.5 Å².